The highest BCUT2D eigenvalue weighted by Gasteiger charge is 2.51. The lowest BCUT2D eigenvalue weighted by Gasteiger charge is -2.56. The number of carbonyl (C=O) groups excluding carboxylic acids is 1. The summed E-state index contributed by atoms with van der Waals surface area (Å²) in [4.78, 5) is 11.6. The summed E-state index contributed by atoms with van der Waals surface area (Å²) < 4.78 is 15.9. The fourth-order valence-corrected chi connectivity index (χ4v) is 5.42. The summed E-state index contributed by atoms with van der Waals surface area (Å²) in [6.07, 6.45) is 7.55. The molecule has 27 heavy (non-hydrogen) atoms. The van der Waals surface area contributed by atoms with E-state index in [-0.39, 0.29) is 12.9 Å². The Bertz CT molecular complexity index is 687. The van der Waals surface area contributed by atoms with E-state index < -0.39 is 6.16 Å². The van der Waals surface area contributed by atoms with Crippen LogP contribution in [0.3, 0.4) is 0 Å². The van der Waals surface area contributed by atoms with E-state index in [1.165, 1.54) is 43.2 Å². The molecule has 4 rings (SSSR count). The number of benzene rings is 1. The van der Waals surface area contributed by atoms with Gasteiger partial charge in [0.25, 0.3) is 0 Å². The molecule has 1 N–H and O–H groups in total. The van der Waals surface area contributed by atoms with Crippen LogP contribution in [0.25, 0.3) is 0 Å². The molecule has 0 aromatic heterocycles. The van der Waals surface area contributed by atoms with Crippen molar-refractivity contribution in [1.82, 2.24) is 5.32 Å². The van der Waals surface area contributed by atoms with E-state index in [9.17, 15) is 4.79 Å². The summed E-state index contributed by atoms with van der Waals surface area (Å²) in [5.74, 6) is 1.52. The molecule has 0 spiro atoms. The first kappa shape index (κ1) is 18.6. The molecule has 0 radical (unpaired) electrons. The maximum Gasteiger partial charge on any atom is 0.511 e. The van der Waals surface area contributed by atoms with Gasteiger partial charge in [-0.1, -0.05) is 25.8 Å². The van der Waals surface area contributed by atoms with Gasteiger partial charge in [0, 0.05) is 11.5 Å². The van der Waals surface area contributed by atoms with Crippen LogP contribution >= 0.6 is 0 Å². The summed E-state index contributed by atoms with van der Waals surface area (Å²) >= 11 is 0. The second-order valence-electron chi connectivity index (χ2n) is 8.34. The van der Waals surface area contributed by atoms with E-state index in [1.807, 2.05) is 19.9 Å². The van der Waals surface area contributed by atoms with Gasteiger partial charge in [0.15, 0.2) is 0 Å². The van der Waals surface area contributed by atoms with Crippen molar-refractivity contribution in [3.63, 3.8) is 0 Å². The molecule has 2 fully saturated rings. The van der Waals surface area contributed by atoms with Gasteiger partial charge in [-0.25, -0.2) is 4.79 Å². The minimum absolute atomic E-state index is 0.116. The van der Waals surface area contributed by atoms with Crippen molar-refractivity contribution in [3.8, 4) is 5.75 Å². The maximum absolute atomic E-state index is 11.6. The number of rotatable bonds is 5. The van der Waals surface area contributed by atoms with Crippen molar-refractivity contribution in [1.29, 1.82) is 0 Å². The minimum Gasteiger partial charge on any atom is -0.457 e. The average molecular weight is 373 g/mol. The van der Waals surface area contributed by atoms with Gasteiger partial charge in [0.1, 0.15) is 11.9 Å². The van der Waals surface area contributed by atoms with Crippen LogP contribution in [0, 0.1) is 5.92 Å². The molecule has 1 aliphatic heterocycles. The zero-order chi connectivity index (χ0) is 18.9. The number of nitrogens with one attached hydrogen (secondary N) is 1. The van der Waals surface area contributed by atoms with Crippen LogP contribution in [0.2, 0.25) is 0 Å². The molecule has 1 heterocycles. The number of ether oxygens (including phenoxy) is 3. The summed E-state index contributed by atoms with van der Waals surface area (Å²) in [5, 5.41) is 3.76. The lowest BCUT2D eigenvalue weighted by Crippen LogP contribution is -2.59. The van der Waals surface area contributed by atoms with Gasteiger partial charge < -0.3 is 19.5 Å². The van der Waals surface area contributed by atoms with E-state index >= 15 is 0 Å². The van der Waals surface area contributed by atoms with E-state index in [0.29, 0.717) is 11.5 Å². The Hall–Kier alpha value is -1.75. The van der Waals surface area contributed by atoms with Gasteiger partial charge in [-0.15, -0.1) is 0 Å². The lowest BCUT2D eigenvalue weighted by molar-refractivity contribution is -0.0123. The highest BCUT2D eigenvalue weighted by molar-refractivity contribution is 5.60. The van der Waals surface area contributed by atoms with E-state index in [1.54, 1.807) is 0 Å². The molecule has 4 atom stereocenters. The van der Waals surface area contributed by atoms with Crippen LogP contribution in [0.1, 0.15) is 63.5 Å². The van der Waals surface area contributed by atoms with Gasteiger partial charge in [-0.05, 0) is 74.8 Å². The minimum atomic E-state index is -0.672. The quantitative estimate of drug-likeness (QED) is 0.615. The predicted octanol–water partition coefficient (Wildman–Crippen LogP) is 4.32. The van der Waals surface area contributed by atoms with Crippen LogP contribution in [0.4, 0.5) is 4.79 Å². The third kappa shape index (κ3) is 3.54. The molecule has 148 valence electrons. The fourth-order valence-electron chi connectivity index (χ4n) is 5.42. The molecule has 1 saturated carbocycles. The van der Waals surface area contributed by atoms with Crippen molar-refractivity contribution in [3.05, 3.63) is 29.3 Å². The van der Waals surface area contributed by atoms with Gasteiger partial charge in [-0.3, -0.25) is 0 Å². The highest BCUT2D eigenvalue weighted by Crippen LogP contribution is 2.54. The third-order valence-electron chi connectivity index (χ3n) is 6.89. The molecular formula is C22H31NO4. The van der Waals surface area contributed by atoms with Crippen molar-refractivity contribution >= 4 is 6.16 Å². The molecule has 2 bridgehead atoms. The standard InChI is InChI=1S/C22H31NO4/c1-3-15(2)27-21(24)26-14-25-17-8-7-16-12-20-18-6-4-5-9-22(18,10-11-23-20)19(16)13-17/h7-8,13,15,18,20,23H,3-6,9-12,14H2,1-2H3/t15?,18-,20+,22+/m0/s1. The molecule has 5 nitrogen and oxygen atoms in total. The number of fused-ring (bicyclic) bond motifs is 1. The Kier molecular flexibility index (Phi) is 5.31. The van der Waals surface area contributed by atoms with Gasteiger partial charge in [0.05, 0.1) is 0 Å². The Morgan fingerprint density at radius 2 is 2.22 bits per heavy atom. The smallest absolute Gasteiger partial charge is 0.457 e. The lowest BCUT2D eigenvalue weighted by atomic mass is 9.53. The van der Waals surface area contributed by atoms with Crippen LogP contribution in [0.5, 0.6) is 5.75 Å². The zero-order valence-electron chi connectivity index (χ0n) is 16.5. The Balaban J connectivity index is 1.46. The fraction of sp³-hybridized carbons (Fsp3) is 0.682. The van der Waals surface area contributed by atoms with Crippen molar-refractivity contribution < 1.29 is 19.0 Å². The molecule has 1 aromatic carbocycles. The first-order chi connectivity index (χ1) is 13.1. The second kappa shape index (κ2) is 7.70. The number of hydrogen-bond donors (Lipinski definition) is 1. The summed E-state index contributed by atoms with van der Waals surface area (Å²) in [6.45, 7) is 4.80. The third-order valence-corrected chi connectivity index (χ3v) is 6.89. The molecule has 2 aliphatic carbocycles. The number of piperidine rings is 1. The predicted molar refractivity (Wildman–Crippen MR) is 103 cm³/mol. The molecule has 3 aliphatic rings. The van der Waals surface area contributed by atoms with Crippen molar-refractivity contribution in [2.24, 2.45) is 5.92 Å². The maximum atomic E-state index is 11.6. The molecule has 0 amide bonds. The number of hydrogen-bond acceptors (Lipinski definition) is 5. The topological polar surface area (TPSA) is 56.8 Å². The van der Waals surface area contributed by atoms with Crippen LogP contribution in [-0.2, 0) is 21.3 Å². The highest BCUT2D eigenvalue weighted by atomic mass is 16.8. The van der Waals surface area contributed by atoms with E-state index in [4.69, 9.17) is 14.2 Å². The molecule has 1 unspecified atom stereocenters. The number of carbonyl (C=O) groups is 1. The molecule has 1 saturated heterocycles. The summed E-state index contributed by atoms with van der Waals surface area (Å²) in [5.41, 5.74) is 3.23. The Labute approximate surface area is 161 Å². The van der Waals surface area contributed by atoms with E-state index in [0.717, 1.165) is 31.1 Å². The normalized spacial score (nSPS) is 29.9. The van der Waals surface area contributed by atoms with Crippen LogP contribution < -0.4 is 10.1 Å². The summed E-state index contributed by atoms with van der Waals surface area (Å²) in [7, 11) is 0. The zero-order valence-corrected chi connectivity index (χ0v) is 16.5. The van der Waals surface area contributed by atoms with Gasteiger partial charge >= 0.3 is 6.16 Å². The first-order valence-corrected chi connectivity index (χ1v) is 10.5. The molecule has 1 aromatic rings. The first-order valence-electron chi connectivity index (χ1n) is 10.5. The Morgan fingerprint density at radius 3 is 3.07 bits per heavy atom. The van der Waals surface area contributed by atoms with Gasteiger partial charge in [0.2, 0.25) is 6.79 Å². The molecular weight excluding hydrogens is 342 g/mol. The van der Waals surface area contributed by atoms with E-state index in [2.05, 4.69) is 17.4 Å². The van der Waals surface area contributed by atoms with Gasteiger partial charge in [-0.2, -0.15) is 0 Å². The molecule has 5 heteroatoms. The van der Waals surface area contributed by atoms with Crippen LogP contribution in [-0.4, -0.2) is 31.6 Å². The monoisotopic (exact) mass is 373 g/mol. The SMILES string of the molecule is CCC(C)OC(=O)OCOc1ccc2c(c1)[C@@]13CCCC[C@H]1[C@@H](C2)NCC3. The van der Waals surface area contributed by atoms with Crippen molar-refractivity contribution in [2.45, 2.75) is 76.4 Å². The average Bonchev–Trinajstić information content (AvgIpc) is 2.68. The second-order valence-corrected chi connectivity index (χ2v) is 8.34. The summed E-state index contributed by atoms with van der Waals surface area (Å²) in [6, 6.07) is 7.03. The van der Waals surface area contributed by atoms with Crippen LogP contribution in [0.15, 0.2) is 18.2 Å². The largest absolute Gasteiger partial charge is 0.511 e. The Morgan fingerprint density at radius 1 is 1.33 bits per heavy atom. The van der Waals surface area contributed by atoms with Crippen molar-refractivity contribution in [2.75, 3.05) is 13.3 Å².